The average molecular weight is 309 g/mol. The number of halogens is 4. The van der Waals surface area contributed by atoms with Crippen LogP contribution in [0.15, 0.2) is 24.3 Å². The number of rotatable bonds is 1. The van der Waals surface area contributed by atoms with Crippen molar-refractivity contribution in [1.29, 1.82) is 0 Å². The number of hydrogen-bond donors (Lipinski definition) is 1. The third-order valence-electron chi connectivity index (χ3n) is 3.20. The minimum Gasteiger partial charge on any atom is -0.337 e. The Hall–Kier alpha value is -1.27. The van der Waals surface area contributed by atoms with Gasteiger partial charge in [-0.2, -0.15) is 13.2 Å². The van der Waals surface area contributed by atoms with Gasteiger partial charge in [-0.25, -0.2) is 0 Å². The van der Waals surface area contributed by atoms with E-state index >= 15 is 0 Å². The average Bonchev–Trinajstić information content (AvgIpc) is 2.37. The standard InChI is InChI=1S/C13H15F3N2O.ClH/c14-13(15,16)10-5-3-9(4-6-10)12(19)18-7-1-2-11(17)8-18;/h3-6,11H,1-2,7-8,17H2;1H. The van der Waals surface area contributed by atoms with Crippen LogP contribution in [0, 0.1) is 0 Å². The van der Waals surface area contributed by atoms with Crippen molar-refractivity contribution in [2.24, 2.45) is 5.73 Å². The number of nitrogens with zero attached hydrogens (tertiary/aromatic N) is 1. The first-order valence-corrected chi connectivity index (χ1v) is 6.10. The SMILES string of the molecule is Cl.NC1CCCN(C(=O)c2ccc(C(F)(F)F)cc2)C1. The molecular weight excluding hydrogens is 293 g/mol. The van der Waals surface area contributed by atoms with E-state index in [2.05, 4.69) is 0 Å². The Labute approximate surface area is 121 Å². The van der Waals surface area contributed by atoms with Gasteiger partial charge in [0.1, 0.15) is 0 Å². The topological polar surface area (TPSA) is 46.3 Å². The smallest absolute Gasteiger partial charge is 0.337 e. The zero-order chi connectivity index (χ0) is 14.0. The minimum atomic E-state index is -4.38. The lowest BCUT2D eigenvalue weighted by atomic mass is 10.0. The molecule has 20 heavy (non-hydrogen) atoms. The first kappa shape index (κ1) is 16.8. The van der Waals surface area contributed by atoms with Gasteiger partial charge < -0.3 is 10.6 Å². The van der Waals surface area contributed by atoms with Gasteiger partial charge in [0.15, 0.2) is 0 Å². The number of piperidine rings is 1. The second-order valence-corrected chi connectivity index (χ2v) is 4.73. The van der Waals surface area contributed by atoms with E-state index in [1.165, 1.54) is 12.1 Å². The van der Waals surface area contributed by atoms with Gasteiger partial charge >= 0.3 is 6.18 Å². The van der Waals surface area contributed by atoms with E-state index in [9.17, 15) is 18.0 Å². The van der Waals surface area contributed by atoms with Gasteiger partial charge in [-0.1, -0.05) is 0 Å². The summed E-state index contributed by atoms with van der Waals surface area (Å²) >= 11 is 0. The lowest BCUT2D eigenvalue weighted by molar-refractivity contribution is -0.137. The maximum atomic E-state index is 12.4. The minimum absolute atomic E-state index is 0. The van der Waals surface area contributed by atoms with Crippen molar-refractivity contribution >= 4 is 18.3 Å². The van der Waals surface area contributed by atoms with Gasteiger partial charge in [-0.15, -0.1) is 12.4 Å². The molecule has 7 heteroatoms. The predicted molar refractivity (Wildman–Crippen MR) is 71.8 cm³/mol. The molecule has 1 aliphatic rings. The van der Waals surface area contributed by atoms with Gasteiger partial charge in [0, 0.05) is 24.7 Å². The Kier molecular flexibility index (Phi) is 5.42. The zero-order valence-electron chi connectivity index (χ0n) is 10.7. The highest BCUT2D eigenvalue weighted by Crippen LogP contribution is 2.29. The number of nitrogens with two attached hydrogens (primary N) is 1. The Balaban J connectivity index is 0.00000200. The number of carbonyl (C=O) groups is 1. The molecule has 0 spiro atoms. The molecule has 1 fully saturated rings. The Morgan fingerprint density at radius 2 is 1.85 bits per heavy atom. The quantitative estimate of drug-likeness (QED) is 0.867. The van der Waals surface area contributed by atoms with Crippen LogP contribution in [0.3, 0.4) is 0 Å². The van der Waals surface area contributed by atoms with Crippen molar-refractivity contribution in [3.63, 3.8) is 0 Å². The van der Waals surface area contributed by atoms with Gasteiger partial charge in [-0.3, -0.25) is 4.79 Å². The largest absolute Gasteiger partial charge is 0.416 e. The van der Waals surface area contributed by atoms with E-state index in [-0.39, 0.29) is 29.9 Å². The molecule has 0 saturated carbocycles. The highest BCUT2D eigenvalue weighted by Gasteiger charge is 2.30. The summed E-state index contributed by atoms with van der Waals surface area (Å²) in [6.07, 6.45) is -2.68. The molecule has 1 atom stereocenters. The first-order chi connectivity index (χ1) is 8.88. The molecule has 2 rings (SSSR count). The van der Waals surface area contributed by atoms with Crippen LogP contribution in [0.25, 0.3) is 0 Å². The monoisotopic (exact) mass is 308 g/mol. The van der Waals surface area contributed by atoms with Crippen molar-refractivity contribution in [2.45, 2.75) is 25.1 Å². The third-order valence-corrected chi connectivity index (χ3v) is 3.20. The van der Waals surface area contributed by atoms with E-state index < -0.39 is 11.7 Å². The van der Waals surface area contributed by atoms with Crippen LogP contribution >= 0.6 is 12.4 Å². The Morgan fingerprint density at radius 1 is 1.25 bits per heavy atom. The molecule has 1 aliphatic heterocycles. The van der Waals surface area contributed by atoms with Gasteiger partial charge in [0.2, 0.25) is 0 Å². The van der Waals surface area contributed by atoms with Crippen molar-refractivity contribution in [1.82, 2.24) is 4.90 Å². The van der Waals surface area contributed by atoms with E-state index in [1.54, 1.807) is 4.90 Å². The summed E-state index contributed by atoms with van der Waals surface area (Å²) in [6, 6.07) is 4.23. The van der Waals surface area contributed by atoms with E-state index in [0.29, 0.717) is 13.1 Å². The normalized spacial score (nSPS) is 19.4. The number of carbonyl (C=O) groups excluding carboxylic acids is 1. The van der Waals surface area contributed by atoms with Crippen LogP contribution in [0.2, 0.25) is 0 Å². The summed E-state index contributed by atoms with van der Waals surface area (Å²) in [5, 5.41) is 0. The number of amides is 1. The highest BCUT2D eigenvalue weighted by molar-refractivity contribution is 5.94. The Bertz CT molecular complexity index is 462. The lowest BCUT2D eigenvalue weighted by Crippen LogP contribution is -2.45. The predicted octanol–water partition coefficient (Wildman–Crippen LogP) is 2.69. The van der Waals surface area contributed by atoms with Crippen LogP contribution in [-0.2, 0) is 6.18 Å². The number of benzene rings is 1. The molecule has 0 bridgehead atoms. The first-order valence-electron chi connectivity index (χ1n) is 6.10. The molecule has 0 aliphatic carbocycles. The molecule has 0 aromatic heterocycles. The fourth-order valence-electron chi connectivity index (χ4n) is 2.18. The molecule has 2 N–H and O–H groups in total. The molecule has 1 aromatic rings. The van der Waals surface area contributed by atoms with Crippen molar-refractivity contribution < 1.29 is 18.0 Å². The second kappa shape index (κ2) is 6.45. The summed E-state index contributed by atoms with van der Waals surface area (Å²) in [4.78, 5) is 13.7. The van der Waals surface area contributed by atoms with Gasteiger partial charge in [0.05, 0.1) is 5.56 Å². The highest BCUT2D eigenvalue weighted by atomic mass is 35.5. The molecule has 1 saturated heterocycles. The summed E-state index contributed by atoms with van der Waals surface area (Å²) < 4.78 is 37.2. The maximum absolute atomic E-state index is 12.4. The maximum Gasteiger partial charge on any atom is 0.416 e. The molecule has 112 valence electrons. The van der Waals surface area contributed by atoms with Crippen LogP contribution in [0.5, 0.6) is 0 Å². The fraction of sp³-hybridized carbons (Fsp3) is 0.462. The molecule has 1 aromatic carbocycles. The fourth-order valence-corrected chi connectivity index (χ4v) is 2.18. The van der Waals surface area contributed by atoms with Crippen LogP contribution in [-0.4, -0.2) is 29.9 Å². The third kappa shape index (κ3) is 3.86. The molecule has 1 amide bonds. The number of likely N-dealkylation sites (tertiary alicyclic amines) is 1. The summed E-state index contributed by atoms with van der Waals surface area (Å²) in [6.45, 7) is 1.06. The number of hydrogen-bond acceptors (Lipinski definition) is 2. The molecule has 0 radical (unpaired) electrons. The lowest BCUT2D eigenvalue weighted by Gasteiger charge is -2.30. The molecule has 3 nitrogen and oxygen atoms in total. The van der Waals surface area contributed by atoms with E-state index in [4.69, 9.17) is 5.73 Å². The van der Waals surface area contributed by atoms with Gasteiger partial charge in [0.25, 0.3) is 5.91 Å². The van der Waals surface area contributed by atoms with Crippen molar-refractivity contribution in [2.75, 3.05) is 13.1 Å². The van der Waals surface area contributed by atoms with E-state index in [0.717, 1.165) is 25.0 Å². The summed E-state index contributed by atoms with van der Waals surface area (Å²) in [5.74, 6) is -0.260. The van der Waals surface area contributed by atoms with Gasteiger partial charge in [-0.05, 0) is 37.1 Å². The molecular formula is C13H16ClF3N2O. The Morgan fingerprint density at radius 3 is 2.35 bits per heavy atom. The van der Waals surface area contributed by atoms with Crippen molar-refractivity contribution in [3.05, 3.63) is 35.4 Å². The van der Waals surface area contributed by atoms with Crippen LogP contribution in [0.1, 0.15) is 28.8 Å². The second-order valence-electron chi connectivity index (χ2n) is 4.73. The van der Waals surface area contributed by atoms with E-state index in [1.807, 2.05) is 0 Å². The zero-order valence-corrected chi connectivity index (χ0v) is 11.5. The number of alkyl halides is 3. The summed E-state index contributed by atoms with van der Waals surface area (Å²) in [7, 11) is 0. The van der Waals surface area contributed by atoms with Crippen LogP contribution in [0.4, 0.5) is 13.2 Å². The molecule has 1 heterocycles. The molecule has 1 unspecified atom stereocenters. The van der Waals surface area contributed by atoms with Crippen molar-refractivity contribution in [3.8, 4) is 0 Å². The van der Waals surface area contributed by atoms with Crippen LogP contribution < -0.4 is 5.73 Å². The summed E-state index contributed by atoms with van der Waals surface area (Å²) in [5.41, 5.74) is 5.29.